The zero-order chi connectivity index (χ0) is 19.3. The number of rotatable bonds is 5. The molecule has 1 saturated carbocycles. The maximum atomic E-state index is 13.0. The average Bonchev–Trinajstić information content (AvgIpc) is 2.59. The van der Waals surface area contributed by atoms with Gasteiger partial charge in [0, 0.05) is 31.6 Å². The van der Waals surface area contributed by atoms with Crippen molar-refractivity contribution in [1.29, 1.82) is 0 Å². The van der Waals surface area contributed by atoms with Crippen molar-refractivity contribution < 1.29 is 22.8 Å². The van der Waals surface area contributed by atoms with E-state index in [0.717, 1.165) is 44.2 Å². The van der Waals surface area contributed by atoms with Crippen molar-refractivity contribution in [3.05, 3.63) is 28.8 Å². The summed E-state index contributed by atoms with van der Waals surface area (Å²) in [7, 11) is 0. The van der Waals surface area contributed by atoms with Crippen molar-refractivity contribution in [2.45, 2.75) is 45.2 Å². The van der Waals surface area contributed by atoms with E-state index in [0.29, 0.717) is 0 Å². The summed E-state index contributed by atoms with van der Waals surface area (Å²) in [6.07, 6.45) is 0.304. The molecule has 8 heteroatoms. The smallest absolute Gasteiger partial charge is 0.354 e. The Labute approximate surface area is 155 Å². The number of anilines is 1. The van der Waals surface area contributed by atoms with E-state index in [1.54, 1.807) is 0 Å². The monoisotopic (exact) mass is 390 g/mol. The lowest BCUT2D eigenvalue weighted by molar-refractivity contribution is -0.137. The van der Waals surface area contributed by atoms with Crippen LogP contribution in [0.15, 0.2) is 18.2 Å². The van der Waals surface area contributed by atoms with E-state index < -0.39 is 22.7 Å². The Morgan fingerprint density at radius 3 is 2.46 bits per heavy atom. The molecule has 4 nitrogen and oxygen atoms in total. The van der Waals surface area contributed by atoms with Crippen molar-refractivity contribution in [2.75, 3.05) is 18.0 Å². The maximum absolute atomic E-state index is 13.0. The van der Waals surface area contributed by atoms with Crippen LogP contribution in [0.25, 0.3) is 0 Å². The van der Waals surface area contributed by atoms with Gasteiger partial charge in [-0.3, -0.25) is 9.59 Å². The number of carbonyl (C=O) groups excluding carboxylic acids is 2. The lowest BCUT2D eigenvalue weighted by Crippen LogP contribution is -2.40. The highest BCUT2D eigenvalue weighted by molar-refractivity contribution is 6.31. The van der Waals surface area contributed by atoms with E-state index in [4.69, 9.17) is 11.6 Å². The first-order valence-corrected chi connectivity index (χ1v) is 9.00. The second-order valence-corrected chi connectivity index (χ2v) is 6.87. The molecule has 0 aliphatic heterocycles. The molecule has 2 rings (SSSR count). The van der Waals surface area contributed by atoms with E-state index >= 15 is 0 Å². The van der Waals surface area contributed by atoms with Crippen LogP contribution in [0.1, 0.15) is 44.6 Å². The highest BCUT2D eigenvalue weighted by Gasteiger charge is 2.34. The molecule has 1 aliphatic carbocycles. The number of benzene rings is 1. The molecule has 1 aromatic carbocycles. The van der Waals surface area contributed by atoms with E-state index in [2.05, 4.69) is 5.32 Å². The molecule has 144 valence electrons. The third-order valence-electron chi connectivity index (χ3n) is 4.56. The molecule has 26 heavy (non-hydrogen) atoms. The number of nitrogens with zero attached hydrogens (tertiary/aromatic N) is 1. The molecule has 1 aliphatic rings. The fourth-order valence-corrected chi connectivity index (χ4v) is 3.39. The number of hydrogen-bond donors (Lipinski definition) is 1. The Bertz CT molecular complexity index is 658. The number of carbonyl (C=O) groups is 2. The highest BCUT2D eigenvalue weighted by Crippen LogP contribution is 2.37. The van der Waals surface area contributed by atoms with Crippen LogP contribution in [0.5, 0.6) is 0 Å². The molecule has 0 bridgehead atoms. The van der Waals surface area contributed by atoms with Gasteiger partial charge in [-0.1, -0.05) is 30.9 Å². The second-order valence-electron chi connectivity index (χ2n) is 6.46. The average molecular weight is 391 g/mol. The summed E-state index contributed by atoms with van der Waals surface area (Å²) < 4.78 is 39.0. The van der Waals surface area contributed by atoms with Gasteiger partial charge in [-0.2, -0.15) is 13.2 Å². The van der Waals surface area contributed by atoms with Crippen LogP contribution in [-0.4, -0.2) is 24.9 Å². The van der Waals surface area contributed by atoms with Crippen LogP contribution in [0.4, 0.5) is 18.9 Å². The normalized spacial score (nSPS) is 15.6. The fourth-order valence-electron chi connectivity index (χ4n) is 3.17. The van der Waals surface area contributed by atoms with Crippen molar-refractivity contribution >= 4 is 29.1 Å². The van der Waals surface area contributed by atoms with Crippen molar-refractivity contribution in [3.63, 3.8) is 0 Å². The molecule has 1 aromatic rings. The van der Waals surface area contributed by atoms with Gasteiger partial charge in [-0.25, -0.2) is 0 Å². The molecule has 1 fully saturated rings. The molecular formula is C18H22ClF3N2O2. The van der Waals surface area contributed by atoms with Gasteiger partial charge in [0.25, 0.3) is 0 Å². The number of nitrogens with one attached hydrogen (secondary N) is 1. The molecule has 0 atom stereocenters. The summed E-state index contributed by atoms with van der Waals surface area (Å²) >= 11 is 5.62. The molecule has 0 radical (unpaired) electrons. The lowest BCUT2D eigenvalue weighted by Gasteiger charge is -2.24. The summed E-state index contributed by atoms with van der Waals surface area (Å²) in [5.74, 6) is -0.477. The standard InChI is InChI=1S/C18H22ClF3N2O2/c1-12(25)24(10-9-23-17(26)13-5-3-2-4-6-13)14-7-8-16(19)15(11-14)18(20,21)22/h7-8,11,13H,2-6,9-10H2,1H3,(H,23,26). The van der Waals surface area contributed by atoms with Gasteiger partial charge >= 0.3 is 6.18 Å². The number of halogens is 4. The topological polar surface area (TPSA) is 49.4 Å². The minimum atomic E-state index is -4.61. The predicted octanol–water partition coefficient (Wildman–Crippen LogP) is 4.41. The van der Waals surface area contributed by atoms with Crippen molar-refractivity contribution in [1.82, 2.24) is 5.32 Å². The number of alkyl halides is 3. The van der Waals surface area contributed by atoms with Gasteiger partial charge in [0.15, 0.2) is 0 Å². The van der Waals surface area contributed by atoms with Crippen LogP contribution in [-0.2, 0) is 15.8 Å². The van der Waals surface area contributed by atoms with Crippen molar-refractivity contribution in [2.24, 2.45) is 5.92 Å². The number of hydrogen-bond acceptors (Lipinski definition) is 2. The van der Waals surface area contributed by atoms with Gasteiger partial charge in [0.05, 0.1) is 10.6 Å². The summed E-state index contributed by atoms with van der Waals surface area (Å²) in [6, 6.07) is 3.34. The molecule has 0 saturated heterocycles. The van der Waals surface area contributed by atoms with Crippen LogP contribution < -0.4 is 10.2 Å². The summed E-state index contributed by atoms with van der Waals surface area (Å²) in [5.41, 5.74) is -0.893. The van der Waals surface area contributed by atoms with Gasteiger partial charge in [0.2, 0.25) is 11.8 Å². The van der Waals surface area contributed by atoms with Gasteiger partial charge in [-0.05, 0) is 31.0 Å². The maximum Gasteiger partial charge on any atom is 0.417 e. The van der Waals surface area contributed by atoms with E-state index in [9.17, 15) is 22.8 Å². The van der Waals surface area contributed by atoms with Gasteiger partial charge in [-0.15, -0.1) is 0 Å². The van der Waals surface area contributed by atoms with E-state index in [1.807, 2.05) is 0 Å². The molecule has 0 aromatic heterocycles. The Hall–Kier alpha value is -1.76. The fraction of sp³-hybridized carbons (Fsp3) is 0.556. The third kappa shape index (κ3) is 5.37. The first-order chi connectivity index (χ1) is 12.2. The van der Waals surface area contributed by atoms with E-state index in [-0.39, 0.29) is 30.6 Å². The first-order valence-electron chi connectivity index (χ1n) is 8.62. The Kier molecular flexibility index (Phi) is 6.92. The third-order valence-corrected chi connectivity index (χ3v) is 4.89. The second kappa shape index (κ2) is 8.75. The van der Waals surface area contributed by atoms with Crippen molar-refractivity contribution in [3.8, 4) is 0 Å². The predicted molar refractivity (Wildman–Crippen MR) is 94.1 cm³/mol. The molecular weight excluding hydrogens is 369 g/mol. The molecule has 1 N–H and O–H groups in total. The molecule has 2 amide bonds. The Morgan fingerprint density at radius 1 is 1.23 bits per heavy atom. The SMILES string of the molecule is CC(=O)N(CCNC(=O)C1CCCCC1)c1ccc(Cl)c(C(F)(F)F)c1. The highest BCUT2D eigenvalue weighted by atomic mass is 35.5. The first kappa shape index (κ1) is 20.6. The van der Waals surface area contributed by atoms with Crippen LogP contribution in [0.2, 0.25) is 5.02 Å². The molecule has 0 heterocycles. The lowest BCUT2D eigenvalue weighted by atomic mass is 9.89. The number of amides is 2. The molecule has 0 spiro atoms. The zero-order valence-corrected chi connectivity index (χ0v) is 15.3. The molecule has 0 unspecified atom stereocenters. The van der Waals surface area contributed by atoms with Crippen LogP contribution in [0.3, 0.4) is 0 Å². The Balaban J connectivity index is 2.03. The minimum absolute atomic E-state index is 0.0121. The summed E-state index contributed by atoms with van der Waals surface area (Å²) in [5, 5.41) is 2.36. The van der Waals surface area contributed by atoms with Gasteiger partial charge < -0.3 is 10.2 Å². The van der Waals surface area contributed by atoms with Crippen LogP contribution in [0, 0.1) is 5.92 Å². The van der Waals surface area contributed by atoms with Gasteiger partial charge in [0.1, 0.15) is 0 Å². The van der Waals surface area contributed by atoms with Crippen LogP contribution >= 0.6 is 11.6 Å². The summed E-state index contributed by atoms with van der Waals surface area (Å²) in [4.78, 5) is 25.2. The zero-order valence-electron chi connectivity index (χ0n) is 14.5. The summed E-state index contributed by atoms with van der Waals surface area (Å²) in [6.45, 7) is 1.54. The largest absolute Gasteiger partial charge is 0.417 e. The quantitative estimate of drug-likeness (QED) is 0.809. The van der Waals surface area contributed by atoms with E-state index in [1.165, 1.54) is 17.9 Å². The Morgan fingerprint density at radius 2 is 1.88 bits per heavy atom. The minimum Gasteiger partial charge on any atom is -0.354 e.